The Kier molecular flexibility index (Phi) is 7.69. The van der Waals surface area contributed by atoms with E-state index in [-0.39, 0.29) is 0 Å². The molecule has 57 heavy (non-hydrogen) atoms. The van der Waals surface area contributed by atoms with Crippen LogP contribution >= 0.6 is 0 Å². The zero-order chi connectivity index (χ0) is 37.9. The van der Waals surface area contributed by atoms with E-state index in [4.69, 9.17) is 15.0 Å². The normalized spacial score (nSPS) is 11.9. The van der Waals surface area contributed by atoms with Crippen molar-refractivity contribution in [2.75, 3.05) is 0 Å². The summed E-state index contributed by atoms with van der Waals surface area (Å²) in [7, 11) is -3.12. The fourth-order valence-corrected chi connectivity index (χ4v) is 13.4. The lowest BCUT2D eigenvalue weighted by Gasteiger charge is -2.32. The largest absolute Gasteiger partial charge is 0.309 e. The molecule has 0 radical (unpaired) electrons. The van der Waals surface area contributed by atoms with E-state index in [0.717, 1.165) is 49.0 Å². The molecular weight excluding hydrogens is 709 g/mol. The highest BCUT2D eigenvalue weighted by atomic mass is 28.3. The maximum atomic E-state index is 5.68. The highest BCUT2D eigenvalue weighted by Gasteiger charge is 2.45. The molecule has 0 saturated carbocycles. The monoisotopic (exact) mass is 744 g/mol. The zero-order valence-electron chi connectivity index (χ0n) is 31.3. The lowest BCUT2D eigenvalue weighted by molar-refractivity contribution is 1.18. The minimum Gasteiger partial charge on any atom is -0.309 e. The fourth-order valence-electron chi connectivity index (χ4n) is 9.04. The second kappa shape index (κ2) is 13.2. The van der Waals surface area contributed by atoms with Crippen molar-refractivity contribution >= 4 is 94.5 Å². The molecule has 0 N–H and O–H groups in total. The number of para-hydroxylation sites is 1. The van der Waals surface area contributed by atoms with Gasteiger partial charge in [0.1, 0.15) is 5.45 Å². The fraction of sp³-hybridized carbons (Fsp3) is 0.0192. The topological polar surface area (TPSA) is 43.6 Å². The van der Waals surface area contributed by atoms with Gasteiger partial charge in [0.2, 0.25) is 8.07 Å². The van der Waals surface area contributed by atoms with Gasteiger partial charge in [-0.2, -0.15) is 0 Å². The first-order valence-corrected chi connectivity index (χ1v) is 21.5. The standard InChI is InChI=1S/C52H36N4Si/c1-35-30-31-43-47-34-36-33-46(49(47)56(48(43)32-35)37-18-6-2-7-19-37)42-27-15-17-29-45(42)51-53-50(44-28-16-14-26-41(36)44)54-52(55-51)57(38-20-8-3-9-21-38,39-22-10-4-11-23-39)40-24-12-5-13-25-40/h2-34H,1H3. The number of fused-ring (bicyclic) bond motifs is 14. The first-order valence-electron chi connectivity index (χ1n) is 19.5. The van der Waals surface area contributed by atoms with E-state index < -0.39 is 8.07 Å². The SMILES string of the molecule is Cc1ccc2c3cc4cc(c5ccccc5c5nc([Si](c6ccccc6)(c6ccccc6)c6ccccc6)nc(n5)c5ccccc45)c3n(-c3ccccc3)c2c1. The Morgan fingerprint density at radius 2 is 0.842 bits per heavy atom. The Labute approximate surface area is 331 Å². The van der Waals surface area contributed by atoms with Gasteiger partial charge in [0.25, 0.3) is 0 Å². The van der Waals surface area contributed by atoms with Crippen LogP contribution in [0.4, 0.5) is 0 Å². The van der Waals surface area contributed by atoms with Gasteiger partial charge in [-0.1, -0.05) is 170 Å². The van der Waals surface area contributed by atoms with Crippen molar-refractivity contribution in [3.05, 3.63) is 206 Å². The van der Waals surface area contributed by atoms with Crippen molar-refractivity contribution in [3.63, 3.8) is 0 Å². The number of hydrogen-bond acceptors (Lipinski definition) is 3. The third-order valence-corrected chi connectivity index (χ3v) is 16.1. The van der Waals surface area contributed by atoms with Crippen LogP contribution in [-0.4, -0.2) is 27.6 Å². The highest BCUT2D eigenvalue weighted by molar-refractivity contribution is 7.19. The molecule has 4 bridgehead atoms. The predicted molar refractivity (Wildman–Crippen MR) is 241 cm³/mol. The molecule has 268 valence electrons. The summed E-state index contributed by atoms with van der Waals surface area (Å²) in [6, 6.07) is 72.2. The summed E-state index contributed by atoms with van der Waals surface area (Å²) in [4.78, 5) is 16.7. The Morgan fingerprint density at radius 1 is 0.386 bits per heavy atom. The quantitative estimate of drug-likeness (QED) is 0.130. The molecular formula is C52H36N4Si. The molecule has 3 heterocycles. The van der Waals surface area contributed by atoms with Crippen LogP contribution in [0.3, 0.4) is 0 Å². The molecule has 5 heteroatoms. The lowest BCUT2D eigenvalue weighted by Crippen LogP contribution is -2.76. The lowest BCUT2D eigenvalue weighted by atomic mass is 10.00. The van der Waals surface area contributed by atoms with Crippen LogP contribution < -0.4 is 21.0 Å². The average molecular weight is 745 g/mol. The molecule has 0 atom stereocenters. The van der Waals surface area contributed by atoms with Crippen molar-refractivity contribution in [1.82, 2.24) is 19.5 Å². The third-order valence-electron chi connectivity index (χ3n) is 11.6. The maximum Gasteiger partial charge on any atom is 0.226 e. The molecule has 11 rings (SSSR count). The van der Waals surface area contributed by atoms with Crippen LogP contribution in [0.1, 0.15) is 5.56 Å². The van der Waals surface area contributed by atoms with Gasteiger partial charge in [-0.25, -0.2) is 15.0 Å². The molecule has 0 aliphatic carbocycles. The number of hydrogen-bond donors (Lipinski definition) is 0. The van der Waals surface area contributed by atoms with E-state index in [0.29, 0.717) is 11.3 Å². The van der Waals surface area contributed by atoms with Gasteiger partial charge in [-0.15, -0.1) is 0 Å². The smallest absolute Gasteiger partial charge is 0.226 e. The number of aryl methyl sites for hydroxylation is 1. The number of nitrogens with zero attached hydrogens (tertiary/aromatic N) is 4. The predicted octanol–water partition coefficient (Wildman–Crippen LogP) is 9.83. The molecule has 0 aliphatic rings. The van der Waals surface area contributed by atoms with E-state index in [1.165, 1.54) is 37.4 Å². The number of benzene rings is 8. The number of aromatic nitrogens is 4. The van der Waals surface area contributed by atoms with Gasteiger partial charge in [0.15, 0.2) is 11.3 Å². The van der Waals surface area contributed by atoms with Gasteiger partial charge in [-0.3, -0.25) is 0 Å². The molecule has 0 amide bonds. The Morgan fingerprint density at radius 3 is 1.40 bits per heavy atom. The molecule has 8 aromatic carbocycles. The van der Waals surface area contributed by atoms with Crippen LogP contribution in [0.15, 0.2) is 200 Å². The van der Waals surface area contributed by atoms with Gasteiger partial charge in [0, 0.05) is 32.6 Å². The second-order valence-electron chi connectivity index (χ2n) is 14.9. The summed E-state index contributed by atoms with van der Waals surface area (Å²) in [5, 5.41) is 12.4. The van der Waals surface area contributed by atoms with E-state index in [1.807, 2.05) is 0 Å². The van der Waals surface area contributed by atoms with Crippen molar-refractivity contribution in [2.24, 2.45) is 0 Å². The molecule has 11 aromatic rings. The number of rotatable bonds is 5. The zero-order valence-corrected chi connectivity index (χ0v) is 32.3. The van der Waals surface area contributed by atoms with Crippen LogP contribution in [0.2, 0.25) is 0 Å². The summed E-state index contributed by atoms with van der Waals surface area (Å²) in [5.41, 5.74) is 6.83. The minimum atomic E-state index is -3.12. The van der Waals surface area contributed by atoms with Gasteiger partial charge in [-0.05, 0) is 74.5 Å². The summed E-state index contributed by atoms with van der Waals surface area (Å²) in [5.74, 6) is 0. The van der Waals surface area contributed by atoms with E-state index in [2.05, 4.69) is 212 Å². The molecule has 3 aromatic heterocycles. The first kappa shape index (κ1) is 33.2. The summed E-state index contributed by atoms with van der Waals surface area (Å²) < 4.78 is 2.44. The van der Waals surface area contributed by atoms with E-state index >= 15 is 0 Å². The Balaban J connectivity index is 1.40. The summed E-state index contributed by atoms with van der Waals surface area (Å²) in [6.07, 6.45) is 0. The van der Waals surface area contributed by atoms with E-state index in [1.54, 1.807) is 0 Å². The molecule has 0 unspecified atom stereocenters. The third kappa shape index (κ3) is 5.17. The van der Waals surface area contributed by atoms with Gasteiger partial charge >= 0.3 is 0 Å². The summed E-state index contributed by atoms with van der Waals surface area (Å²) >= 11 is 0. The maximum absolute atomic E-state index is 5.68. The van der Waals surface area contributed by atoms with Crippen LogP contribution in [-0.2, 0) is 0 Å². The van der Waals surface area contributed by atoms with Crippen molar-refractivity contribution in [2.45, 2.75) is 6.92 Å². The van der Waals surface area contributed by atoms with Crippen molar-refractivity contribution in [1.29, 1.82) is 0 Å². The molecule has 4 nitrogen and oxygen atoms in total. The van der Waals surface area contributed by atoms with Gasteiger partial charge in [0.05, 0.1) is 11.0 Å². The average Bonchev–Trinajstić information content (AvgIpc) is 3.60. The van der Waals surface area contributed by atoms with Crippen LogP contribution in [0.5, 0.6) is 0 Å². The molecule has 0 saturated heterocycles. The molecule has 0 aliphatic heterocycles. The molecule has 0 spiro atoms. The van der Waals surface area contributed by atoms with Crippen molar-refractivity contribution in [3.8, 4) is 5.69 Å². The summed E-state index contributed by atoms with van der Waals surface area (Å²) in [6.45, 7) is 2.17. The Hall–Kier alpha value is -7.21. The van der Waals surface area contributed by atoms with Crippen LogP contribution in [0.25, 0.3) is 71.1 Å². The minimum absolute atomic E-state index is 0.666. The van der Waals surface area contributed by atoms with Crippen molar-refractivity contribution < 1.29 is 0 Å². The van der Waals surface area contributed by atoms with Gasteiger partial charge < -0.3 is 4.57 Å². The second-order valence-corrected chi connectivity index (χ2v) is 18.5. The van der Waals surface area contributed by atoms with Crippen LogP contribution in [0, 0.1) is 6.92 Å². The first-order chi connectivity index (χ1) is 28.2. The molecule has 0 fully saturated rings. The van der Waals surface area contributed by atoms with E-state index in [9.17, 15) is 0 Å². The Bertz CT molecular complexity index is 3250. The highest BCUT2D eigenvalue weighted by Crippen LogP contribution is 2.40.